The number of pyridine rings is 1. The molecular formula is C18H23N3O6. The van der Waals surface area contributed by atoms with Gasteiger partial charge in [-0.05, 0) is 26.2 Å². The van der Waals surface area contributed by atoms with Crippen LogP contribution in [-0.2, 0) is 16.0 Å². The van der Waals surface area contributed by atoms with E-state index in [1.54, 1.807) is 4.90 Å². The number of hydrogen-bond acceptors (Lipinski definition) is 6. The minimum atomic E-state index is -0.844. The predicted molar refractivity (Wildman–Crippen MR) is 93.7 cm³/mol. The second-order valence-corrected chi connectivity index (χ2v) is 7.24. The summed E-state index contributed by atoms with van der Waals surface area (Å²) in [5, 5.41) is 13.0. The fourth-order valence-electron chi connectivity index (χ4n) is 3.93. The molecular weight excluding hydrogens is 354 g/mol. The van der Waals surface area contributed by atoms with E-state index in [-0.39, 0.29) is 29.9 Å². The summed E-state index contributed by atoms with van der Waals surface area (Å²) in [5.74, 6) is -1.74. The highest BCUT2D eigenvalue weighted by molar-refractivity contribution is 5.99. The number of ether oxygens (including phenoxy) is 2. The van der Waals surface area contributed by atoms with Crippen LogP contribution in [0.25, 0.3) is 0 Å². The topological polar surface area (TPSA) is 110 Å². The monoisotopic (exact) mass is 377 g/mol. The maximum atomic E-state index is 12.8. The minimum absolute atomic E-state index is 0.0473. The lowest BCUT2D eigenvalue weighted by molar-refractivity contribution is -0.112. The second-order valence-electron chi connectivity index (χ2n) is 7.24. The molecule has 2 fully saturated rings. The average molecular weight is 377 g/mol. The molecule has 146 valence electrons. The Hall–Kier alpha value is -2.39. The van der Waals surface area contributed by atoms with Crippen molar-refractivity contribution in [3.05, 3.63) is 27.7 Å². The van der Waals surface area contributed by atoms with Crippen LogP contribution < -0.4 is 10.7 Å². The van der Waals surface area contributed by atoms with Crippen LogP contribution in [0.2, 0.25) is 0 Å². The maximum Gasteiger partial charge on any atom is 0.276 e. The summed E-state index contributed by atoms with van der Waals surface area (Å²) >= 11 is 0. The Bertz CT molecular complexity index is 829. The molecule has 27 heavy (non-hydrogen) atoms. The zero-order valence-corrected chi connectivity index (χ0v) is 15.1. The van der Waals surface area contributed by atoms with Crippen molar-refractivity contribution in [1.82, 2.24) is 14.8 Å². The molecule has 0 aromatic carbocycles. The third-order valence-corrected chi connectivity index (χ3v) is 5.44. The number of rotatable bonds is 3. The molecule has 2 amide bonds. The van der Waals surface area contributed by atoms with Crippen molar-refractivity contribution in [3.63, 3.8) is 0 Å². The van der Waals surface area contributed by atoms with Gasteiger partial charge in [0.2, 0.25) is 5.43 Å². The number of amides is 2. The highest BCUT2D eigenvalue weighted by Crippen LogP contribution is 2.29. The largest absolute Gasteiger partial charge is 0.503 e. The smallest absolute Gasteiger partial charge is 0.276 e. The molecule has 3 aliphatic heterocycles. The van der Waals surface area contributed by atoms with Crippen LogP contribution in [0.3, 0.4) is 0 Å². The summed E-state index contributed by atoms with van der Waals surface area (Å²) < 4.78 is 12.6. The Morgan fingerprint density at radius 3 is 2.85 bits per heavy atom. The van der Waals surface area contributed by atoms with Gasteiger partial charge in [-0.25, -0.2) is 0 Å². The molecule has 3 atom stereocenters. The molecule has 0 radical (unpaired) electrons. The number of fused-ring (bicyclic) bond motifs is 2. The lowest BCUT2D eigenvalue weighted by Crippen LogP contribution is -2.57. The Morgan fingerprint density at radius 1 is 1.30 bits per heavy atom. The van der Waals surface area contributed by atoms with Crippen molar-refractivity contribution in [3.8, 4) is 5.75 Å². The van der Waals surface area contributed by atoms with E-state index in [1.165, 1.54) is 10.8 Å². The van der Waals surface area contributed by atoms with Crippen LogP contribution in [0.5, 0.6) is 5.75 Å². The molecule has 2 saturated heterocycles. The number of hydrogen-bond donors (Lipinski definition) is 2. The van der Waals surface area contributed by atoms with E-state index in [9.17, 15) is 19.5 Å². The second kappa shape index (κ2) is 6.97. The normalized spacial score (nSPS) is 27.2. The Balaban J connectivity index is 1.63. The number of aromatic nitrogens is 1. The van der Waals surface area contributed by atoms with Crippen LogP contribution in [0.4, 0.5) is 0 Å². The molecule has 9 heteroatoms. The maximum absolute atomic E-state index is 12.8. The number of nitrogens with zero attached hydrogens (tertiary/aromatic N) is 2. The van der Waals surface area contributed by atoms with Crippen LogP contribution in [0.1, 0.15) is 47.0 Å². The molecule has 0 saturated carbocycles. The zero-order valence-electron chi connectivity index (χ0n) is 15.1. The number of nitrogens with one attached hydrogen (secondary N) is 1. The third kappa shape index (κ3) is 3.10. The average Bonchev–Trinajstić information content (AvgIpc) is 3.16. The molecule has 1 unspecified atom stereocenters. The van der Waals surface area contributed by atoms with E-state index in [2.05, 4.69) is 5.32 Å². The quantitative estimate of drug-likeness (QED) is 0.770. The highest BCUT2D eigenvalue weighted by atomic mass is 16.5. The first-order chi connectivity index (χ1) is 13.0. The Labute approximate surface area is 155 Å². The van der Waals surface area contributed by atoms with Gasteiger partial charge in [-0.15, -0.1) is 0 Å². The standard InChI is InChI=1S/C18H23N3O6/c1-10-4-6-27-13-9-20-8-12(17(24)19-7-11-3-2-5-26-11)15(22)16(23)14(20)18(25)21(10)13/h8,10-11,13,23H,2-7,9H2,1H3,(H,19,24)/t10-,11+,13?/m1/s1. The summed E-state index contributed by atoms with van der Waals surface area (Å²) in [6, 6.07) is -0.0473. The first kappa shape index (κ1) is 18.0. The van der Waals surface area contributed by atoms with Gasteiger partial charge in [0.05, 0.1) is 19.3 Å². The summed E-state index contributed by atoms with van der Waals surface area (Å²) in [7, 11) is 0. The lowest BCUT2D eigenvalue weighted by Gasteiger charge is -2.44. The van der Waals surface area contributed by atoms with Crippen LogP contribution in [0.15, 0.2) is 11.0 Å². The molecule has 0 spiro atoms. The fourth-order valence-corrected chi connectivity index (χ4v) is 3.93. The predicted octanol–water partition coefficient (Wildman–Crippen LogP) is 0.0534. The van der Waals surface area contributed by atoms with E-state index < -0.39 is 29.2 Å². The molecule has 4 rings (SSSR count). The first-order valence-electron chi connectivity index (χ1n) is 9.28. The van der Waals surface area contributed by atoms with Crippen molar-refractivity contribution in [2.75, 3.05) is 19.8 Å². The van der Waals surface area contributed by atoms with E-state index in [4.69, 9.17) is 9.47 Å². The van der Waals surface area contributed by atoms with Crippen LogP contribution in [0, 0.1) is 0 Å². The zero-order chi connectivity index (χ0) is 19.1. The third-order valence-electron chi connectivity index (χ3n) is 5.44. The Kier molecular flexibility index (Phi) is 4.65. The molecule has 4 heterocycles. The molecule has 9 nitrogen and oxygen atoms in total. The summed E-state index contributed by atoms with van der Waals surface area (Å²) in [5.41, 5.74) is -1.13. The summed E-state index contributed by atoms with van der Waals surface area (Å²) in [4.78, 5) is 39.3. The minimum Gasteiger partial charge on any atom is -0.503 e. The van der Waals surface area contributed by atoms with Gasteiger partial charge in [-0.1, -0.05) is 0 Å². The van der Waals surface area contributed by atoms with Gasteiger partial charge >= 0.3 is 0 Å². The van der Waals surface area contributed by atoms with E-state index in [1.807, 2.05) is 6.92 Å². The van der Waals surface area contributed by atoms with Gasteiger partial charge in [0.1, 0.15) is 5.56 Å². The van der Waals surface area contributed by atoms with Crippen molar-refractivity contribution in [1.29, 1.82) is 0 Å². The number of aromatic hydroxyl groups is 1. The van der Waals surface area contributed by atoms with Crippen molar-refractivity contribution < 1.29 is 24.2 Å². The van der Waals surface area contributed by atoms with E-state index in [0.717, 1.165) is 12.8 Å². The number of carbonyl (C=O) groups is 2. The summed E-state index contributed by atoms with van der Waals surface area (Å²) in [6.45, 7) is 3.67. The van der Waals surface area contributed by atoms with Gasteiger partial charge < -0.3 is 29.4 Å². The van der Waals surface area contributed by atoms with Crippen LogP contribution >= 0.6 is 0 Å². The number of carbonyl (C=O) groups excluding carboxylic acids is 2. The van der Waals surface area contributed by atoms with Gasteiger partial charge in [0, 0.05) is 25.4 Å². The first-order valence-corrected chi connectivity index (χ1v) is 9.28. The SMILES string of the molecule is C[C@@H]1CCOC2Cn3cc(C(=O)NC[C@@H]4CCCO4)c(=O)c(O)c3C(=O)N21. The van der Waals surface area contributed by atoms with Crippen molar-refractivity contribution in [2.24, 2.45) is 0 Å². The van der Waals surface area contributed by atoms with Crippen molar-refractivity contribution in [2.45, 2.75) is 51.1 Å². The Morgan fingerprint density at radius 2 is 2.11 bits per heavy atom. The van der Waals surface area contributed by atoms with Crippen molar-refractivity contribution >= 4 is 11.8 Å². The molecule has 2 N–H and O–H groups in total. The molecule has 0 aliphatic carbocycles. The van der Waals surface area contributed by atoms with E-state index >= 15 is 0 Å². The van der Waals surface area contributed by atoms with Gasteiger partial charge in [-0.2, -0.15) is 0 Å². The summed E-state index contributed by atoms with van der Waals surface area (Å²) in [6.07, 6.45) is 3.29. The van der Waals surface area contributed by atoms with Gasteiger partial charge in [0.15, 0.2) is 17.7 Å². The fraction of sp³-hybridized carbons (Fsp3) is 0.611. The van der Waals surface area contributed by atoms with Gasteiger partial charge in [-0.3, -0.25) is 14.4 Å². The molecule has 1 aromatic rings. The molecule has 0 bridgehead atoms. The van der Waals surface area contributed by atoms with Gasteiger partial charge in [0.25, 0.3) is 11.8 Å². The van der Waals surface area contributed by atoms with E-state index in [0.29, 0.717) is 26.2 Å². The molecule has 3 aliphatic rings. The lowest BCUT2D eigenvalue weighted by atomic mass is 10.1. The highest BCUT2D eigenvalue weighted by Gasteiger charge is 2.41. The molecule has 1 aromatic heterocycles. The van der Waals surface area contributed by atoms with Crippen LogP contribution in [-0.4, -0.2) is 64.5 Å².